The van der Waals surface area contributed by atoms with E-state index < -0.39 is 0 Å². The molecule has 0 radical (unpaired) electrons. The Hall–Kier alpha value is -1.60. The molecule has 5 nitrogen and oxygen atoms in total. The average molecular weight is 475 g/mol. The molecule has 2 atom stereocenters. The molecule has 2 heterocycles. The highest BCUT2D eigenvalue weighted by Gasteiger charge is 2.35. The van der Waals surface area contributed by atoms with Gasteiger partial charge in [-0.05, 0) is 43.7 Å². The van der Waals surface area contributed by atoms with Gasteiger partial charge < -0.3 is 4.90 Å². The Kier molecular flexibility index (Phi) is 6.75. The molecule has 1 aliphatic carbocycles. The van der Waals surface area contributed by atoms with E-state index in [-0.39, 0.29) is 5.91 Å². The first-order valence-corrected chi connectivity index (χ1v) is 12.2. The van der Waals surface area contributed by atoms with Crippen molar-refractivity contribution in [2.24, 2.45) is 5.92 Å². The molecule has 7 heteroatoms. The maximum Gasteiger partial charge on any atom is 0.233 e. The Morgan fingerprint density at radius 1 is 1.17 bits per heavy atom. The molecule has 0 spiro atoms. The van der Waals surface area contributed by atoms with Crippen LogP contribution in [0, 0.1) is 5.92 Å². The van der Waals surface area contributed by atoms with E-state index in [1.807, 2.05) is 34.9 Å². The van der Waals surface area contributed by atoms with Gasteiger partial charge in [-0.25, -0.2) is 0 Å². The van der Waals surface area contributed by atoms with Gasteiger partial charge in [-0.3, -0.25) is 9.36 Å². The number of halogens is 1. The number of piperidine rings is 1. The Morgan fingerprint density at radius 3 is 2.72 bits per heavy atom. The van der Waals surface area contributed by atoms with E-state index in [9.17, 15) is 4.79 Å². The summed E-state index contributed by atoms with van der Waals surface area (Å²) in [6.07, 6.45) is 9.29. The minimum atomic E-state index is 0.241. The van der Waals surface area contributed by atoms with E-state index in [0.717, 1.165) is 34.0 Å². The maximum atomic E-state index is 13.0. The zero-order chi connectivity index (χ0) is 20.2. The molecule has 1 aliphatic heterocycles. The number of aromatic nitrogens is 3. The van der Waals surface area contributed by atoms with Gasteiger partial charge >= 0.3 is 0 Å². The topological polar surface area (TPSA) is 51.0 Å². The summed E-state index contributed by atoms with van der Waals surface area (Å²) in [7, 11) is 0. The first-order valence-electron chi connectivity index (χ1n) is 10.4. The predicted molar refractivity (Wildman–Crippen MR) is 121 cm³/mol. The summed E-state index contributed by atoms with van der Waals surface area (Å²) in [4.78, 5) is 15.2. The lowest BCUT2D eigenvalue weighted by atomic mass is 9.78. The van der Waals surface area contributed by atoms with Crippen molar-refractivity contribution < 1.29 is 4.79 Å². The normalized spacial score (nSPS) is 21.6. The van der Waals surface area contributed by atoms with E-state index in [1.54, 1.807) is 0 Å². The van der Waals surface area contributed by atoms with Crippen LogP contribution in [0.5, 0.6) is 0 Å². The monoisotopic (exact) mass is 474 g/mol. The van der Waals surface area contributed by atoms with Gasteiger partial charge in [0.25, 0.3) is 0 Å². The van der Waals surface area contributed by atoms with Crippen molar-refractivity contribution in [2.45, 2.75) is 56.3 Å². The summed E-state index contributed by atoms with van der Waals surface area (Å²) in [6.45, 7) is 5.39. The van der Waals surface area contributed by atoms with Crippen molar-refractivity contribution in [3.05, 3.63) is 41.4 Å². The van der Waals surface area contributed by atoms with Crippen LogP contribution < -0.4 is 0 Å². The van der Waals surface area contributed by atoms with Crippen molar-refractivity contribution in [3.63, 3.8) is 0 Å². The van der Waals surface area contributed by atoms with Crippen molar-refractivity contribution in [1.29, 1.82) is 0 Å². The molecule has 1 amide bonds. The van der Waals surface area contributed by atoms with Gasteiger partial charge in [-0.1, -0.05) is 58.7 Å². The van der Waals surface area contributed by atoms with Gasteiger partial charge in [0.05, 0.1) is 5.75 Å². The van der Waals surface area contributed by atoms with E-state index in [2.05, 4.69) is 37.6 Å². The Labute approximate surface area is 185 Å². The van der Waals surface area contributed by atoms with Crippen LogP contribution in [0.25, 0.3) is 11.4 Å². The van der Waals surface area contributed by atoms with Gasteiger partial charge in [-0.2, -0.15) is 0 Å². The third-order valence-electron chi connectivity index (χ3n) is 6.02. The van der Waals surface area contributed by atoms with E-state index in [1.165, 1.54) is 43.9 Å². The molecule has 2 unspecified atom stereocenters. The van der Waals surface area contributed by atoms with Crippen LogP contribution in [0.15, 0.2) is 46.5 Å². The molecule has 2 aliphatic rings. The number of allylic oxidation sites excluding steroid dienone is 1. The van der Waals surface area contributed by atoms with Crippen molar-refractivity contribution in [2.75, 3.05) is 12.3 Å². The molecule has 29 heavy (non-hydrogen) atoms. The van der Waals surface area contributed by atoms with Crippen LogP contribution in [0.3, 0.4) is 0 Å². The molecular formula is C22H27BrN4OS. The largest absolute Gasteiger partial charge is 0.339 e. The maximum absolute atomic E-state index is 13.0. The number of benzene rings is 1. The second-order valence-electron chi connectivity index (χ2n) is 7.84. The van der Waals surface area contributed by atoms with Crippen LogP contribution in [-0.4, -0.2) is 43.9 Å². The molecule has 1 aromatic heterocycles. The van der Waals surface area contributed by atoms with Crippen LogP contribution in [0.1, 0.15) is 38.5 Å². The number of amides is 1. The van der Waals surface area contributed by atoms with Crippen LogP contribution in [0.2, 0.25) is 0 Å². The number of hydrogen-bond donors (Lipinski definition) is 0. The fourth-order valence-corrected chi connectivity index (χ4v) is 5.74. The molecule has 1 saturated carbocycles. The fourth-order valence-electron chi connectivity index (χ4n) is 4.65. The number of likely N-dealkylation sites (tertiary alicyclic amines) is 1. The van der Waals surface area contributed by atoms with Crippen LogP contribution in [0.4, 0.5) is 0 Å². The van der Waals surface area contributed by atoms with Gasteiger partial charge in [0.2, 0.25) is 5.91 Å². The third kappa shape index (κ3) is 4.61. The number of hydrogen-bond acceptors (Lipinski definition) is 4. The first kappa shape index (κ1) is 20.7. The van der Waals surface area contributed by atoms with Gasteiger partial charge in [0.15, 0.2) is 11.0 Å². The van der Waals surface area contributed by atoms with E-state index >= 15 is 0 Å². The number of thioether (sulfide) groups is 1. The smallest absolute Gasteiger partial charge is 0.233 e. The minimum absolute atomic E-state index is 0.241. The van der Waals surface area contributed by atoms with Gasteiger partial charge in [-0.15, -0.1) is 16.8 Å². The molecule has 2 aromatic rings. The van der Waals surface area contributed by atoms with Crippen molar-refractivity contribution >= 4 is 33.6 Å². The predicted octanol–water partition coefficient (Wildman–Crippen LogP) is 5.17. The van der Waals surface area contributed by atoms with E-state index in [0.29, 0.717) is 24.3 Å². The lowest BCUT2D eigenvalue weighted by molar-refractivity contribution is -0.134. The summed E-state index contributed by atoms with van der Waals surface area (Å²) >= 11 is 4.96. The molecule has 4 rings (SSSR count). The molecule has 1 aromatic carbocycles. The molecule has 0 N–H and O–H groups in total. The number of nitrogens with zero attached hydrogens (tertiary/aromatic N) is 4. The highest BCUT2D eigenvalue weighted by atomic mass is 79.9. The first-order chi connectivity index (χ1) is 14.2. The zero-order valence-electron chi connectivity index (χ0n) is 16.6. The molecule has 154 valence electrons. The fraction of sp³-hybridized carbons (Fsp3) is 0.500. The Morgan fingerprint density at radius 2 is 1.93 bits per heavy atom. The average Bonchev–Trinajstić information content (AvgIpc) is 3.15. The second kappa shape index (κ2) is 9.47. The highest BCUT2D eigenvalue weighted by Crippen LogP contribution is 2.36. The summed E-state index contributed by atoms with van der Waals surface area (Å²) < 4.78 is 3.06. The third-order valence-corrected chi connectivity index (χ3v) is 7.50. The Balaban J connectivity index is 1.47. The molecule has 2 fully saturated rings. The number of rotatable bonds is 6. The molecule has 1 saturated heterocycles. The second-order valence-corrected chi connectivity index (χ2v) is 9.70. The zero-order valence-corrected chi connectivity index (χ0v) is 19.0. The van der Waals surface area contributed by atoms with E-state index in [4.69, 9.17) is 0 Å². The number of carbonyl (C=O) groups is 1. The summed E-state index contributed by atoms with van der Waals surface area (Å²) in [5.41, 5.74) is 1.00. The lowest BCUT2D eigenvalue weighted by Crippen LogP contribution is -2.50. The number of fused-ring (bicyclic) bond motifs is 1. The quantitative estimate of drug-likeness (QED) is 0.428. The molecular weight excluding hydrogens is 448 g/mol. The summed E-state index contributed by atoms with van der Waals surface area (Å²) in [5.74, 6) is 2.17. The van der Waals surface area contributed by atoms with Crippen molar-refractivity contribution in [3.8, 4) is 11.4 Å². The molecule has 0 bridgehead atoms. The Bertz CT molecular complexity index is 864. The standard InChI is InChI=1S/C22H27BrN4OS/c1-2-13-27-21(17-9-11-18(23)12-10-17)24-25-22(27)29-15-20(28)26-14-5-7-16-6-3-4-8-19(16)26/h2,9-12,16,19H,1,3-8,13-15H2. The van der Waals surface area contributed by atoms with Crippen molar-refractivity contribution in [1.82, 2.24) is 19.7 Å². The van der Waals surface area contributed by atoms with Gasteiger partial charge in [0, 0.05) is 29.2 Å². The summed E-state index contributed by atoms with van der Waals surface area (Å²) in [6, 6.07) is 8.48. The lowest BCUT2D eigenvalue weighted by Gasteiger charge is -2.44. The minimum Gasteiger partial charge on any atom is -0.339 e. The SMILES string of the molecule is C=CCn1c(SCC(=O)N2CCCC3CCCCC32)nnc1-c1ccc(Br)cc1. The highest BCUT2D eigenvalue weighted by molar-refractivity contribution is 9.10. The van der Waals surface area contributed by atoms with Crippen LogP contribution in [-0.2, 0) is 11.3 Å². The van der Waals surface area contributed by atoms with Crippen LogP contribution >= 0.6 is 27.7 Å². The van der Waals surface area contributed by atoms with Gasteiger partial charge in [0.1, 0.15) is 0 Å². The summed E-state index contributed by atoms with van der Waals surface area (Å²) in [5, 5.41) is 9.54. The number of carbonyl (C=O) groups excluding carboxylic acids is 1.